The maximum Gasteiger partial charge on any atom is 0.125 e. The van der Waals surface area contributed by atoms with Crippen LogP contribution in [0.3, 0.4) is 0 Å². The quantitative estimate of drug-likeness (QED) is 0.902. The largest absolute Gasteiger partial charge is 0.487 e. The van der Waals surface area contributed by atoms with Crippen LogP contribution in [0.2, 0.25) is 0 Å². The second-order valence-electron chi connectivity index (χ2n) is 5.87. The Morgan fingerprint density at radius 3 is 3.00 bits per heavy atom. The smallest absolute Gasteiger partial charge is 0.125 e. The first kappa shape index (κ1) is 13.8. The third-order valence-corrected chi connectivity index (χ3v) is 4.56. The predicted octanol–water partition coefficient (Wildman–Crippen LogP) is 3.20. The van der Waals surface area contributed by atoms with Gasteiger partial charge in [-0.05, 0) is 31.7 Å². The van der Waals surface area contributed by atoms with Crippen LogP contribution in [0, 0.1) is 5.82 Å². The Morgan fingerprint density at radius 1 is 1.40 bits per heavy atom. The summed E-state index contributed by atoms with van der Waals surface area (Å²) in [6, 6.07) is 4.96. The first-order valence-corrected chi connectivity index (χ1v) is 7.43. The molecule has 1 spiro atoms. The first-order valence-electron chi connectivity index (χ1n) is 7.43. The minimum absolute atomic E-state index is 0.144. The van der Waals surface area contributed by atoms with E-state index in [1.54, 1.807) is 12.1 Å². The molecule has 0 aromatic heterocycles. The van der Waals surface area contributed by atoms with E-state index < -0.39 is 0 Å². The lowest BCUT2D eigenvalue weighted by Crippen LogP contribution is -2.49. The molecule has 2 heterocycles. The summed E-state index contributed by atoms with van der Waals surface area (Å²) in [6.45, 7) is 2.89. The average molecular weight is 279 g/mol. The molecule has 3 nitrogen and oxygen atoms in total. The molecule has 0 bridgehead atoms. The average Bonchev–Trinajstić information content (AvgIpc) is 2.47. The van der Waals surface area contributed by atoms with Gasteiger partial charge in [-0.2, -0.15) is 0 Å². The number of ether oxygens (including phenoxy) is 2. The van der Waals surface area contributed by atoms with Crippen LogP contribution in [0.15, 0.2) is 18.2 Å². The van der Waals surface area contributed by atoms with E-state index in [4.69, 9.17) is 9.47 Å². The summed E-state index contributed by atoms with van der Waals surface area (Å²) in [6.07, 6.45) is 3.96. The number of benzene rings is 1. The molecule has 0 radical (unpaired) electrons. The Kier molecular flexibility index (Phi) is 3.69. The molecule has 2 aliphatic rings. The van der Waals surface area contributed by atoms with Crippen LogP contribution >= 0.6 is 0 Å². The SMILES string of the molecule is CCC1CC2(CCO1)CC(NC)c1cc(F)ccc1O2. The summed E-state index contributed by atoms with van der Waals surface area (Å²) < 4.78 is 25.5. The van der Waals surface area contributed by atoms with Crippen molar-refractivity contribution in [2.75, 3.05) is 13.7 Å². The number of fused-ring (bicyclic) bond motifs is 1. The second kappa shape index (κ2) is 5.34. The van der Waals surface area contributed by atoms with Crippen LogP contribution in [0.25, 0.3) is 0 Å². The topological polar surface area (TPSA) is 30.5 Å². The van der Waals surface area contributed by atoms with Crippen molar-refractivity contribution in [2.24, 2.45) is 0 Å². The van der Waals surface area contributed by atoms with E-state index in [-0.39, 0.29) is 23.6 Å². The van der Waals surface area contributed by atoms with Crippen LogP contribution in [0.1, 0.15) is 44.2 Å². The van der Waals surface area contributed by atoms with Crippen molar-refractivity contribution in [1.29, 1.82) is 0 Å². The molecule has 0 amide bonds. The molecule has 4 heteroatoms. The highest BCUT2D eigenvalue weighted by molar-refractivity contribution is 5.39. The lowest BCUT2D eigenvalue weighted by Gasteiger charge is -2.46. The van der Waals surface area contributed by atoms with Crippen molar-refractivity contribution < 1.29 is 13.9 Å². The van der Waals surface area contributed by atoms with Crippen LogP contribution in [-0.4, -0.2) is 25.4 Å². The standard InChI is InChI=1S/C16H22FNO2/c1-3-12-9-16(6-7-19-12)10-14(18-2)13-8-11(17)4-5-15(13)20-16/h4-5,8,12,14,18H,3,6-7,9-10H2,1-2H3. The van der Waals surface area contributed by atoms with Crippen molar-refractivity contribution in [3.63, 3.8) is 0 Å². The number of halogens is 1. The maximum atomic E-state index is 13.5. The molecule has 2 aliphatic heterocycles. The van der Waals surface area contributed by atoms with Crippen LogP contribution < -0.4 is 10.1 Å². The number of rotatable bonds is 2. The summed E-state index contributed by atoms with van der Waals surface area (Å²) in [5, 5.41) is 3.30. The molecule has 20 heavy (non-hydrogen) atoms. The summed E-state index contributed by atoms with van der Waals surface area (Å²) in [4.78, 5) is 0. The van der Waals surface area contributed by atoms with Gasteiger partial charge in [-0.1, -0.05) is 6.92 Å². The monoisotopic (exact) mass is 279 g/mol. The Bertz CT molecular complexity index is 493. The van der Waals surface area contributed by atoms with E-state index in [1.165, 1.54) is 6.07 Å². The van der Waals surface area contributed by atoms with Gasteiger partial charge in [0.2, 0.25) is 0 Å². The van der Waals surface area contributed by atoms with Crippen molar-refractivity contribution in [1.82, 2.24) is 5.32 Å². The van der Waals surface area contributed by atoms with Gasteiger partial charge >= 0.3 is 0 Å². The molecule has 3 unspecified atom stereocenters. The molecule has 110 valence electrons. The summed E-state index contributed by atoms with van der Waals surface area (Å²) in [5.74, 6) is 0.607. The molecule has 0 aliphatic carbocycles. The van der Waals surface area contributed by atoms with Crippen molar-refractivity contribution in [3.8, 4) is 5.75 Å². The zero-order valence-corrected chi connectivity index (χ0v) is 12.1. The van der Waals surface area contributed by atoms with Crippen LogP contribution in [0.4, 0.5) is 4.39 Å². The highest BCUT2D eigenvalue weighted by Crippen LogP contribution is 2.45. The van der Waals surface area contributed by atoms with Crippen LogP contribution in [-0.2, 0) is 4.74 Å². The van der Waals surface area contributed by atoms with Crippen molar-refractivity contribution in [3.05, 3.63) is 29.6 Å². The summed E-state index contributed by atoms with van der Waals surface area (Å²) in [5.41, 5.74) is 0.759. The fraction of sp³-hybridized carbons (Fsp3) is 0.625. The van der Waals surface area contributed by atoms with E-state index in [2.05, 4.69) is 12.2 Å². The molecular formula is C16H22FNO2. The molecule has 3 atom stereocenters. The van der Waals surface area contributed by atoms with E-state index in [1.807, 2.05) is 7.05 Å². The zero-order chi connectivity index (χ0) is 14.2. The summed E-state index contributed by atoms with van der Waals surface area (Å²) >= 11 is 0. The van der Waals surface area contributed by atoms with Gasteiger partial charge in [-0.25, -0.2) is 4.39 Å². The third kappa shape index (κ3) is 2.42. The normalized spacial score (nSPS) is 32.8. The predicted molar refractivity (Wildman–Crippen MR) is 75.4 cm³/mol. The molecular weight excluding hydrogens is 257 g/mol. The molecule has 1 aromatic carbocycles. The van der Waals surface area contributed by atoms with Gasteiger partial charge in [0.25, 0.3) is 0 Å². The number of hydrogen-bond acceptors (Lipinski definition) is 3. The van der Waals surface area contributed by atoms with Crippen molar-refractivity contribution in [2.45, 2.75) is 50.4 Å². The van der Waals surface area contributed by atoms with Gasteiger partial charge in [-0.15, -0.1) is 0 Å². The molecule has 1 aromatic rings. The van der Waals surface area contributed by atoms with Gasteiger partial charge < -0.3 is 14.8 Å². The third-order valence-electron chi connectivity index (χ3n) is 4.56. The van der Waals surface area contributed by atoms with Gasteiger partial charge in [0.1, 0.15) is 17.2 Å². The second-order valence-corrected chi connectivity index (χ2v) is 5.87. The fourth-order valence-electron chi connectivity index (χ4n) is 3.43. The minimum atomic E-state index is -0.207. The molecule has 1 N–H and O–H groups in total. The van der Waals surface area contributed by atoms with Gasteiger partial charge in [0.05, 0.1) is 12.7 Å². The zero-order valence-electron chi connectivity index (χ0n) is 12.1. The van der Waals surface area contributed by atoms with E-state index >= 15 is 0 Å². The number of hydrogen-bond donors (Lipinski definition) is 1. The van der Waals surface area contributed by atoms with E-state index in [9.17, 15) is 4.39 Å². The summed E-state index contributed by atoms with van der Waals surface area (Å²) in [7, 11) is 1.93. The Hall–Kier alpha value is -1.13. The fourth-order valence-corrected chi connectivity index (χ4v) is 3.43. The Balaban J connectivity index is 1.92. The van der Waals surface area contributed by atoms with Crippen LogP contribution in [0.5, 0.6) is 5.75 Å². The van der Waals surface area contributed by atoms with Gasteiger partial charge in [0, 0.05) is 30.9 Å². The lowest BCUT2D eigenvalue weighted by molar-refractivity contribution is -0.103. The number of nitrogens with one attached hydrogen (secondary N) is 1. The van der Waals surface area contributed by atoms with E-state index in [0.717, 1.165) is 43.6 Å². The molecule has 1 saturated heterocycles. The lowest BCUT2D eigenvalue weighted by atomic mass is 9.79. The first-order chi connectivity index (χ1) is 9.65. The van der Waals surface area contributed by atoms with Crippen molar-refractivity contribution >= 4 is 0 Å². The highest BCUT2D eigenvalue weighted by atomic mass is 19.1. The van der Waals surface area contributed by atoms with Gasteiger partial charge in [0.15, 0.2) is 0 Å². The van der Waals surface area contributed by atoms with E-state index in [0.29, 0.717) is 0 Å². The minimum Gasteiger partial charge on any atom is -0.487 e. The molecule has 1 fully saturated rings. The molecule has 3 rings (SSSR count). The molecule has 0 saturated carbocycles. The highest BCUT2D eigenvalue weighted by Gasteiger charge is 2.44. The Morgan fingerprint density at radius 2 is 2.25 bits per heavy atom. The van der Waals surface area contributed by atoms with Gasteiger partial charge in [-0.3, -0.25) is 0 Å². The Labute approximate surface area is 119 Å². The maximum absolute atomic E-state index is 13.5.